The van der Waals surface area contributed by atoms with Gasteiger partial charge in [-0.1, -0.05) is 34.5 Å². The molecular formula is C25H26Br2ClN3O5. The summed E-state index contributed by atoms with van der Waals surface area (Å²) >= 11 is 13.5. The maximum Gasteiger partial charge on any atom is 0.347 e. The fraction of sp³-hybridized carbons (Fsp3) is 0.360. The van der Waals surface area contributed by atoms with E-state index in [1.165, 1.54) is 10.9 Å². The number of aromatic nitrogens is 2. The average molecular weight is 644 g/mol. The van der Waals surface area contributed by atoms with Crippen LogP contribution in [0.1, 0.15) is 45.5 Å². The normalized spacial score (nSPS) is 12.2. The average Bonchev–Trinajstić information content (AvgIpc) is 2.85. The largest absolute Gasteiger partial charge is 0.490 e. The van der Waals surface area contributed by atoms with Gasteiger partial charge >= 0.3 is 5.97 Å². The van der Waals surface area contributed by atoms with E-state index in [0.29, 0.717) is 45.5 Å². The minimum absolute atomic E-state index is 0.195. The number of carbonyl (C=O) groups is 1. The van der Waals surface area contributed by atoms with Gasteiger partial charge in [-0.2, -0.15) is 9.78 Å². The van der Waals surface area contributed by atoms with Gasteiger partial charge in [0, 0.05) is 20.9 Å². The molecule has 1 aromatic heterocycles. The van der Waals surface area contributed by atoms with E-state index in [-0.39, 0.29) is 22.9 Å². The van der Waals surface area contributed by atoms with Crippen LogP contribution in [0.4, 0.5) is 0 Å². The first kappa shape index (κ1) is 28.1. The minimum Gasteiger partial charge on any atom is -0.490 e. The number of nitrogens with zero attached hydrogens (tertiary/aromatic N) is 3. The number of rotatable bonds is 10. The summed E-state index contributed by atoms with van der Waals surface area (Å²) in [6.07, 6.45) is 1.97. The zero-order chi connectivity index (χ0) is 26.4. The molecule has 2 aromatic carbocycles. The van der Waals surface area contributed by atoms with E-state index in [0.717, 1.165) is 10.9 Å². The Morgan fingerprint density at radius 1 is 1.22 bits per heavy atom. The standard InChI is InChI=1S/C25H26Br2ClN3O5/c1-5-8-20-30-18-10-9-16(26)12-17(18)24(32)31(20)29-13-15-11-19(34-6-2)23(22(28)21(15)27)36-14(4)25(33)35-7-3/h9-14H,5-8H2,1-4H3/t14-/m0/s1. The predicted molar refractivity (Wildman–Crippen MR) is 148 cm³/mol. The van der Waals surface area contributed by atoms with E-state index in [1.807, 2.05) is 19.9 Å². The fourth-order valence-corrected chi connectivity index (χ4v) is 4.38. The van der Waals surface area contributed by atoms with E-state index in [4.69, 9.17) is 25.8 Å². The van der Waals surface area contributed by atoms with Gasteiger partial charge in [0.05, 0.1) is 30.3 Å². The van der Waals surface area contributed by atoms with Crippen molar-refractivity contribution in [3.05, 3.63) is 60.0 Å². The maximum absolute atomic E-state index is 13.3. The van der Waals surface area contributed by atoms with Gasteiger partial charge in [0.1, 0.15) is 10.8 Å². The van der Waals surface area contributed by atoms with E-state index in [9.17, 15) is 9.59 Å². The lowest BCUT2D eigenvalue weighted by molar-refractivity contribution is -0.150. The Hall–Kier alpha value is -2.43. The van der Waals surface area contributed by atoms with Gasteiger partial charge in [0.25, 0.3) is 5.56 Å². The topological polar surface area (TPSA) is 92.0 Å². The SMILES string of the molecule is CCCc1nc2ccc(Br)cc2c(=O)n1N=Cc1cc(OCC)c(O[C@@H](C)C(=O)OCC)c(Cl)c1Br. The Labute approximate surface area is 230 Å². The van der Waals surface area contributed by atoms with Crippen molar-refractivity contribution in [2.24, 2.45) is 5.10 Å². The molecule has 0 spiro atoms. The van der Waals surface area contributed by atoms with Gasteiger partial charge in [-0.3, -0.25) is 4.79 Å². The van der Waals surface area contributed by atoms with E-state index in [1.54, 1.807) is 32.0 Å². The smallest absolute Gasteiger partial charge is 0.347 e. The molecule has 192 valence electrons. The van der Waals surface area contributed by atoms with Crippen LogP contribution in [0.3, 0.4) is 0 Å². The van der Waals surface area contributed by atoms with Crippen molar-refractivity contribution in [2.75, 3.05) is 13.2 Å². The lowest BCUT2D eigenvalue weighted by Crippen LogP contribution is -2.26. The zero-order valence-corrected chi connectivity index (χ0v) is 24.2. The van der Waals surface area contributed by atoms with Crippen molar-refractivity contribution in [3.63, 3.8) is 0 Å². The zero-order valence-electron chi connectivity index (χ0n) is 20.3. The van der Waals surface area contributed by atoms with Gasteiger partial charge in [0.2, 0.25) is 0 Å². The molecule has 36 heavy (non-hydrogen) atoms. The van der Waals surface area contributed by atoms with Gasteiger partial charge in [-0.15, -0.1) is 0 Å². The van der Waals surface area contributed by atoms with Crippen molar-refractivity contribution in [3.8, 4) is 11.5 Å². The van der Waals surface area contributed by atoms with Crippen LogP contribution >= 0.6 is 43.5 Å². The van der Waals surface area contributed by atoms with Crippen molar-refractivity contribution in [1.82, 2.24) is 9.66 Å². The lowest BCUT2D eigenvalue weighted by atomic mass is 10.2. The van der Waals surface area contributed by atoms with E-state index < -0.39 is 12.1 Å². The number of hydrogen-bond donors (Lipinski definition) is 0. The molecule has 0 aliphatic rings. The van der Waals surface area contributed by atoms with Gasteiger partial charge < -0.3 is 14.2 Å². The second kappa shape index (κ2) is 12.7. The van der Waals surface area contributed by atoms with Crippen molar-refractivity contribution in [2.45, 2.75) is 46.6 Å². The Morgan fingerprint density at radius 2 is 1.97 bits per heavy atom. The third kappa shape index (κ3) is 6.27. The Bertz CT molecular complexity index is 1360. The molecule has 0 bridgehead atoms. The second-order valence-corrected chi connectivity index (χ2v) is 9.75. The molecule has 0 saturated heterocycles. The van der Waals surface area contributed by atoms with Crippen LogP contribution in [-0.2, 0) is 16.0 Å². The first-order valence-electron chi connectivity index (χ1n) is 11.4. The van der Waals surface area contributed by atoms with Gasteiger partial charge in [-0.05, 0) is 67.4 Å². The predicted octanol–water partition coefficient (Wildman–Crippen LogP) is 6.14. The fourth-order valence-electron chi connectivity index (χ4n) is 3.37. The van der Waals surface area contributed by atoms with Crippen LogP contribution in [0, 0.1) is 0 Å². The van der Waals surface area contributed by atoms with E-state index >= 15 is 0 Å². The van der Waals surface area contributed by atoms with Gasteiger partial charge in [-0.25, -0.2) is 9.78 Å². The summed E-state index contributed by atoms with van der Waals surface area (Å²) < 4.78 is 19.1. The third-order valence-corrected chi connectivity index (χ3v) is 6.97. The monoisotopic (exact) mass is 641 g/mol. The molecule has 3 rings (SSSR count). The molecule has 0 radical (unpaired) electrons. The summed E-state index contributed by atoms with van der Waals surface area (Å²) in [4.78, 5) is 30.0. The van der Waals surface area contributed by atoms with Crippen LogP contribution in [0.5, 0.6) is 11.5 Å². The summed E-state index contributed by atoms with van der Waals surface area (Å²) in [5, 5.41) is 5.11. The Kier molecular flexibility index (Phi) is 9.92. The molecule has 1 atom stereocenters. The van der Waals surface area contributed by atoms with Gasteiger partial charge in [0.15, 0.2) is 17.6 Å². The molecule has 0 fully saturated rings. The highest BCUT2D eigenvalue weighted by Crippen LogP contribution is 2.43. The molecule has 0 unspecified atom stereocenters. The molecule has 11 heteroatoms. The van der Waals surface area contributed by atoms with Crippen LogP contribution in [0.25, 0.3) is 10.9 Å². The van der Waals surface area contributed by atoms with Crippen LogP contribution in [-0.4, -0.2) is 41.2 Å². The van der Waals surface area contributed by atoms with Crippen LogP contribution in [0.2, 0.25) is 5.02 Å². The quantitative estimate of drug-likeness (QED) is 0.195. The highest BCUT2D eigenvalue weighted by Gasteiger charge is 2.23. The summed E-state index contributed by atoms with van der Waals surface area (Å²) in [7, 11) is 0. The van der Waals surface area contributed by atoms with E-state index in [2.05, 4.69) is 41.9 Å². The lowest BCUT2D eigenvalue weighted by Gasteiger charge is -2.19. The number of carbonyl (C=O) groups excluding carboxylic acids is 1. The molecule has 1 heterocycles. The third-order valence-electron chi connectivity index (χ3n) is 5.03. The summed E-state index contributed by atoms with van der Waals surface area (Å²) in [6.45, 7) is 7.68. The highest BCUT2D eigenvalue weighted by molar-refractivity contribution is 9.10. The molecule has 0 amide bonds. The molecule has 0 N–H and O–H groups in total. The van der Waals surface area contributed by atoms with Crippen molar-refractivity contribution < 1.29 is 19.0 Å². The molecule has 8 nitrogen and oxygen atoms in total. The number of ether oxygens (including phenoxy) is 3. The molecule has 0 aliphatic heterocycles. The summed E-state index contributed by atoms with van der Waals surface area (Å²) in [5.74, 6) is 0.550. The number of esters is 1. The summed E-state index contributed by atoms with van der Waals surface area (Å²) in [5.41, 5.74) is 0.873. The first-order valence-corrected chi connectivity index (χ1v) is 13.4. The van der Waals surface area contributed by atoms with Crippen molar-refractivity contribution in [1.29, 1.82) is 0 Å². The van der Waals surface area contributed by atoms with Crippen LogP contribution in [0.15, 0.2) is 43.1 Å². The Morgan fingerprint density at radius 3 is 2.64 bits per heavy atom. The molecule has 0 saturated carbocycles. The Balaban J connectivity index is 2.08. The number of halogens is 3. The molecular weight excluding hydrogens is 618 g/mol. The molecule has 0 aliphatic carbocycles. The minimum atomic E-state index is -0.897. The number of benzene rings is 2. The highest BCUT2D eigenvalue weighted by atomic mass is 79.9. The second-order valence-electron chi connectivity index (χ2n) is 7.67. The first-order chi connectivity index (χ1) is 17.2. The maximum atomic E-state index is 13.3. The molecule has 3 aromatic rings. The number of fused-ring (bicyclic) bond motifs is 1. The van der Waals surface area contributed by atoms with Crippen LogP contribution < -0.4 is 15.0 Å². The summed E-state index contributed by atoms with van der Waals surface area (Å²) in [6, 6.07) is 7.04. The number of aryl methyl sites for hydroxylation is 1. The number of hydrogen-bond acceptors (Lipinski definition) is 7. The van der Waals surface area contributed by atoms with Crippen molar-refractivity contribution >= 4 is 66.5 Å².